The van der Waals surface area contributed by atoms with Crippen molar-refractivity contribution in [1.29, 1.82) is 0 Å². The van der Waals surface area contributed by atoms with Crippen molar-refractivity contribution in [2.45, 2.75) is 117 Å². The highest BCUT2D eigenvalue weighted by molar-refractivity contribution is 5.69. The van der Waals surface area contributed by atoms with Gasteiger partial charge in [-0.2, -0.15) is 0 Å². The van der Waals surface area contributed by atoms with Gasteiger partial charge in [-0.15, -0.1) is 0 Å². The summed E-state index contributed by atoms with van der Waals surface area (Å²) in [5, 5.41) is 0. The van der Waals surface area contributed by atoms with Gasteiger partial charge in [0.1, 0.15) is 0 Å². The second-order valence-corrected chi connectivity index (χ2v) is 7.26. The van der Waals surface area contributed by atoms with Crippen molar-refractivity contribution in [3.8, 4) is 0 Å². The number of hydrogen-bond donors (Lipinski definition) is 0. The summed E-state index contributed by atoms with van der Waals surface area (Å²) in [6.45, 7) is 5.01. The lowest BCUT2D eigenvalue weighted by Gasteiger charge is -2.04. The molecule has 2 heteroatoms. The van der Waals surface area contributed by atoms with E-state index in [1.165, 1.54) is 64.2 Å². The molecule has 0 aliphatic carbocycles. The first kappa shape index (κ1) is 24.9. The number of rotatable bonds is 19. The van der Waals surface area contributed by atoms with Crippen molar-refractivity contribution in [1.82, 2.24) is 0 Å². The zero-order valence-corrected chi connectivity index (χ0v) is 17.6. The molecule has 0 aromatic heterocycles. The minimum absolute atomic E-state index is 0.0129. The van der Waals surface area contributed by atoms with Crippen LogP contribution in [0.4, 0.5) is 0 Å². The molecule has 0 unspecified atom stereocenters. The lowest BCUT2D eigenvalue weighted by atomic mass is 10.1. The van der Waals surface area contributed by atoms with Crippen molar-refractivity contribution in [3.63, 3.8) is 0 Å². The smallest absolute Gasteiger partial charge is 0.305 e. The molecule has 0 radical (unpaired) electrons. The molecule has 0 aliphatic rings. The van der Waals surface area contributed by atoms with Crippen LogP contribution in [-0.4, -0.2) is 12.6 Å². The fraction of sp³-hybridized carbons (Fsp3) is 0.792. The third-order valence-electron chi connectivity index (χ3n) is 4.59. The Balaban J connectivity index is 3.21. The number of esters is 1. The van der Waals surface area contributed by atoms with Crippen molar-refractivity contribution in [2.24, 2.45) is 0 Å². The number of allylic oxidation sites excluding steroid dienone is 4. The molecule has 2 nitrogen and oxygen atoms in total. The Morgan fingerprint density at radius 3 is 1.85 bits per heavy atom. The molecular weight excluding hydrogens is 320 g/mol. The van der Waals surface area contributed by atoms with Crippen molar-refractivity contribution < 1.29 is 9.53 Å². The van der Waals surface area contributed by atoms with E-state index in [2.05, 4.69) is 38.2 Å². The Bertz CT molecular complexity index is 344. The van der Waals surface area contributed by atoms with E-state index >= 15 is 0 Å². The lowest BCUT2D eigenvalue weighted by Crippen LogP contribution is -2.05. The van der Waals surface area contributed by atoms with Crippen LogP contribution in [0.1, 0.15) is 117 Å². The predicted molar refractivity (Wildman–Crippen MR) is 114 cm³/mol. The Morgan fingerprint density at radius 2 is 1.19 bits per heavy atom. The molecule has 0 bridgehead atoms. The molecule has 0 N–H and O–H groups in total. The first-order chi connectivity index (χ1) is 12.8. The largest absolute Gasteiger partial charge is 0.466 e. The number of hydrogen-bond acceptors (Lipinski definition) is 2. The summed E-state index contributed by atoms with van der Waals surface area (Å²) in [5.74, 6) is -0.0129. The van der Waals surface area contributed by atoms with Crippen LogP contribution in [0.15, 0.2) is 24.3 Å². The third-order valence-corrected chi connectivity index (χ3v) is 4.59. The Kier molecular flexibility index (Phi) is 21.1. The average Bonchev–Trinajstić information content (AvgIpc) is 2.64. The highest BCUT2D eigenvalue weighted by Gasteiger charge is 2.01. The Morgan fingerprint density at radius 1 is 0.654 bits per heavy atom. The summed E-state index contributed by atoms with van der Waals surface area (Å²) in [6.07, 6.45) is 28.0. The van der Waals surface area contributed by atoms with E-state index in [1.807, 2.05) is 0 Å². The van der Waals surface area contributed by atoms with E-state index in [-0.39, 0.29) is 5.97 Å². The predicted octanol–water partition coefficient (Wildman–Crippen LogP) is 7.92. The van der Waals surface area contributed by atoms with Gasteiger partial charge in [0.15, 0.2) is 0 Å². The Hall–Kier alpha value is -1.05. The van der Waals surface area contributed by atoms with Crippen LogP contribution in [-0.2, 0) is 9.53 Å². The molecule has 0 atom stereocenters. The van der Waals surface area contributed by atoms with Crippen LogP contribution >= 0.6 is 0 Å². The first-order valence-electron chi connectivity index (χ1n) is 11.3. The molecule has 0 rings (SSSR count). The van der Waals surface area contributed by atoms with Crippen LogP contribution in [0, 0.1) is 0 Å². The van der Waals surface area contributed by atoms with Gasteiger partial charge in [-0.1, -0.05) is 89.5 Å². The molecular formula is C24H44O2. The van der Waals surface area contributed by atoms with Crippen LogP contribution < -0.4 is 0 Å². The van der Waals surface area contributed by atoms with E-state index < -0.39 is 0 Å². The maximum atomic E-state index is 11.4. The molecule has 0 amide bonds. The fourth-order valence-electron chi connectivity index (χ4n) is 2.87. The molecule has 0 aromatic carbocycles. The van der Waals surface area contributed by atoms with Crippen molar-refractivity contribution >= 4 is 5.97 Å². The average molecular weight is 365 g/mol. The third kappa shape index (κ3) is 21.0. The van der Waals surface area contributed by atoms with E-state index in [9.17, 15) is 4.79 Å². The van der Waals surface area contributed by atoms with Gasteiger partial charge in [-0.3, -0.25) is 4.79 Å². The minimum Gasteiger partial charge on any atom is -0.466 e. The highest BCUT2D eigenvalue weighted by Crippen LogP contribution is 2.09. The molecule has 0 saturated heterocycles. The molecule has 0 aliphatic heterocycles. The van der Waals surface area contributed by atoms with Crippen LogP contribution in [0.2, 0.25) is 0 Å². The lowest BCUT2D eigenvalue weighted by molar-refractivity contribution is -0.143. The normalized spacial score (nSPS) is 11.6. The summed E-state index contributed by atoms with van der Waals surface area (Å²) in [4.78, 5) is 11.4. The number of carbonyl (C=O) groups excluding carboxylic acids is 1. The minimum atomic E-state index is -0.0129. The molecule has 152 valence electrons. The van der Waals surface area contributed by atoms with Crippen LogP contribution in [0.3, 0.4) is 0 Å². The quantitative estimate of drug-likeness (QED) is 0.132. The van der Waals surface area contributed by atoms with Gasteiger partial charge in [-0.05, 0) is 44.9 Å². The zero-order valence-electron chi connectivity index (χ0n) is 17.6. The van der Waals surface area contributed by atoms with Gasteiger partial charge >= 0.3 is 5.97 Å². The topological polar surface area (TPSA) is 26.3 Å². The summed E-state index contributed by atoms with van der Waals surface area (Å²) < 4.78 is 5.25. The van der Waals surface area contributed by atoms with Gasteiger partial charge in [0, 0.05) is 6.42 Å². The van der Waals surface area contributed by atoms with Gasteiger partial charge in [0.25, 0.3) is 0 Å². The van der Waals surface area contributed by atoms with Gasteiger partial charge in [-0.25, -0.2) is 0 Å². The number of carbonyl (C=O) groups is 1. The van der Waals surface area contributed by atoms with E-state index in [4.69, 9.17) is 4.74 Å². The summed E-state index contributed by atoms with van der Waals surface area (Å²) in [7, 11) is 0. The van der Waals surface area contributed by atoms with Gasteiger partial charge in [0.2, 0.25) is 0 Å². The molecule has 0 saturated carbocycles. The standard InChI is InChI=1S/C24H44O2/c1-3-5-7-8-9-10-11-12-13-14-15-16-17-18-19-21-23-26-24(25)22-20-6-4-2/h9-10,12-13H,3-8,11,14-23H2,1-2H3/b10-9-,13-12-. The second kappa shape index (κ2) is 22.0. The summed E-state index contributed by atoms with van der Waals surface area (Å²) >= 11 is 0. The first-order valence-corrected chi connectivity index (χ1v) is 11.3. The number of ether oxygens (including phenoxy) is 1. The summed E-state index contributed by atoms with van der Waals surface area (Å²) in [5.41, 5.74) is 0. The monoisotopic (exact) mass is 364 g/mol. The van der Waals surface area contributed by atoms with E-state index in [1.54, 1.807) is 0 Å². The Labute approximate surface area is 163 Å². The molecule has 0 spiro atoms. The number of unbranched alkanes of at least 4 members (excludes halogenated alkanes) is 11. The molecule has 0 fully saturated rings. The van der Waals surface area contributed by atoms with Crippen LogP contribution in [0.5, 0.6) is 0 Å². The van der Waals surface area contributed by atoms with Gasteiger partial charge < -0.3 is 4.74 Å². The van der Waals surface area contributed by atoms with E-state index in [0.717, 1.165) is 32.1 Å². The summed E-state index contributed by atoms with van der Waals surface area (Å²) in [6, 6.07) is 0. The van der Waals surface area contributed by atoms with Gasteiger partial charge in [0.05, 0.1) is 6.61 Å². The molecule has 0 aromatic rings. The molecule has 0 heterocycles. The van der Waals surface area contributed by atoms with Crippen molar-refractivity contribution in [3.05, 3.63) is 24.3 Å². The SMILES string of the molecule is CCCCC/C=C\C/C=C\CCCCCCCCOC(=O)CCCCC. The fourth-order valence-corrected chi connectivity index (χ4v) is 2.87. The van der Waals surface area contributed by atoms with E-state index in [0.29, 0.717) is 13.0 Å². The molecule has 26 heavy (non-hydrogen) atoms. The van der Waals surface area contributed by atoms with Crippen molar-refractivity contribution in [2.75, 3.05) is 6.61 Å². The van der Waals surface area contributed by atoms with Crippen LogP contribution in [0.25, 0.3) is 0 Å². The second-order valence-electron chi connectivity index (χ2n) is 7.26. The maximum absolute atomic E-state index is 11.4. The maximum Gasteiger partial charge on any atom is 0.305 e. The zero-order chi connectivity index (χ0) is 19.1. The highest BCUT2D eigenvalue weighted by atomic mass is 16.5.